The highest BCUT2D eigenvalue weighted by Gasteiger charge is 2.33. The monoisotopic (exact) mass is 348 g/mol. The van der Waals surface area contributed by atoms with Crippen molar-refractivity contribution in [3.8, 4) is 0 Å². The number of rotatable bonds is 19. The molecule has 0 heteroatoms. The first-order chi connectivity index (χ1) is 12.2. The molecule has 0 amide bonds. The van der Waals surface area contributed by atoms with E-state index in [1.165, 1.54) is 103 Å². The van der Waals surface area contributed by atoms with Crippen LogP contribution in [0.1, 0.15) is 124 Å². The topological polar surface area (TPSA) is 0 Å². The molecule has 0 N–H and O–H groups in total. The van der Waals surface area contributed by atoms with Crippen LogP contribution in [0.3, 0.4) is 0 Å². The van der Waals surface area contributed by atoms with Gasteiger partial charge in [-0.3, -0.25) is 0 Å². The lowest BCUT2D eigenvalue weighted by Crippen LogP contribution is -2.29. The Morgan fingerprint density at radius 1 is 0.680 bits per heavy atom. The maximum Gasteiger partial charge on any atom is -0.0269 e. The summed E-state index contributed by atoms with van der Waals surface area (Å²) in [6.07, 6.45) is 26.2. The van der Waals surface area contributed by atoms with Gasteiger partial charge in [0, 0.05) is 0 Å². The van der Waals surface area contributed by atoms with Crippen LogP contribution in [-0.2, 0) is 0 Å². The van der Waals surface area contributed by atoms with Gasteiger partial charge >= 0.3 is 0 Å². The van der Waals surface area contributed by atoms with E-state index < -0.39 is 0 Å². The second-order valence-corrected chi connectivity index (χ2v) is 8.30. The molecule has 2 atom stereocenters. The molecule has 0 aromatic rings. The molecule has 2 unspecified atom stereocenters. The Morgan fingerprint density at radius 2 is 1.24 bits per heavy atom. The van der Waals surface area contributed by atoms with Crippen molar-refractivity contribution in [3.63, 3.8) is 0 Å². The Kier molecular flexibility index (Phi) is 16.6. The van der Waals surface area contributed by atoms with Gasteiger partial charge in [-0.1, -0.05) is 97.1 Å². The van der Waals surface area contributed by atoms with E-state index in [4.69, 9.17) is 0 Å². The standard InChI is InChI=1S/C25H48/c1-6-10-12-14-15-16-17-19-23-25(21-9-4,24(5)20-8-3)22-18-13-11-7-2/h6,8,24H,1,3,7,9-23H2,2,4-5H3. The van der Waals surface area contributed by atoms with E-state index in [0.29, 0.717) is 5.41 Å². The van der Waals surface area contributed by atoms with Crippen LogP contribution in [0, 0.1) is 11.3 Å². The largest absolute Gasteiger partial charge is 0.103 e. The second kappa shape index (κ2) is 16.9. The third kappa shape index (κ3) is 11.7. The molecule has 0 fully saturated rings. The molecule has 0 aliphatic carbocycles. The molecule has 0 saturated carbocycles. The third-order valence-electron chi connectivity index (χ3n) is 6.17. The molecule has 0 bridgehead atoms. The van der Waals surface area contributed by atoms with Crippen molar-refractivity contribution < 1.29 is 0 Å². The molecule has 0 rings (SSSR count). The molecule has 0 aromatic heterocycles. The van der Waals surface area contributed by atoms with Crippen LogP contribution in [0.5, 0.6) is 0 Å². The number of hydrogen-bond acceptors (Lipinski definition) is 0. The molecule has 0 saturated heterocycles. The number of unbranched alkanes of at least 4 members (excludes halogenated alkanes) is 9. The molecule has 0 spiro atoms. The number of hydrogen-bond donors (Lipinski definition) is 0. The quantitative estimate of drug-likeness (QED) is 0.161. The molecule has 148 valence electrons. The summed E-state index contributed by atoms with van der Waals surface area (Å²) >= 11 is 0. The van der Waals surface area contributed by atoms with Crippen LogP contribution in [0.25, 0.3) is 0 Å². The van der Waals surface area contributed by atoms with Gasteiger partial charge in [-0.25, -0.2) is 0 Å². The summed E-state index contributed by atoms with van der Waals surface area (Å²) in [7, 11) is 0. The van der Waals surface area contributed by atoms with E-state index in [0.717, 1.165) is 5.92 Å². The van der Waals surface area contributed by atoms with E-state index in [9.17, 15) is 0 Å². The summed E-state index contributed by atoms with van der Waals surface area (Å²) in [4.78, 5) is 0. The van der Waals surface area contributed by atoms with Crippen LogP contribution in [0.2, 0.25) is 0 Å². The maximum absolute atomic E-state index is 4.02. The minimum absolute atomic E-state index is 0.569. The van der Waals surface area contributed by atoms with Gasteiger partial charge in [0.15, 0.2) is 0 Å². The van der Waals surface area contributed by atoms with Crippen LogP contribution >= 0.6 is 0 Å². The molecule has 0 aliphatic heterocycles. The van der Waals surface area contributed by atoms with Gasteiger partial charge in [0.2, 0.25) is 0 Å². The summed E-state index contributed by atoms with van der Waals surface area (Å²) in [5, 5.41) is 0. The lowest BCUT2D eigenvalue weighted by atomic mass is 9.65. The maximum atomic E-state index is 4.02. The van der Waals surface area contributed by atoms with Gasteiger partial charge in [-0.05, 0) is 49.9 Å². The second-order valence-electron chi connectivity index (χ2n) is 8.30. The highest BCUT2D eigenvalue weighted by molar-refractivity contribution is 4.88. The van der Waals surface area contributed by atoms with Crippen molar-refractivity contribution in [2.45, 2.75) is 124 Å². The van der Waals surface area contributed by atoms with E-state index in [1.807, 2.05) is 0 Å². The van der Waals surface area contributed by atoms with Gasteiger partial charge in [0.05, 0.1) is 0 Å². The van der Waals surface area contributed by atoms with Crippen molar-refractivity contribution in [1.29, 1.82) is 0 Å². The third-order valence-corrected chi connectivity index (χ3v) is 6.17. The summed E-state index contributed by atoms with van der Waals surface area (Å²) in [6, 6.07) is 0. The van der Waals surface area contributed by atoms with Crippen molar-refractivity contribution in [1.82, 2.24) is 0 Å². The van der Waals surface area contributed by atoms with Gasteiger partial charge in [0.1, 0.15) is 0 Å². The number of allylic oxidation sites excluding steroid dienone is 2. The van der Waals surface area contributed by atoms with Crippen LogP contribution in [0.15, 0.2) is 25.3 Å². The zero-order valence-corrected chi connectivity index (χ0v) is 18.0. The molecular weight excluding hydrogens is 300 g/mol. The smallest absolute Gasteiger partial charge is 0.0269 e. The van der Waals surface area contributed by atoms with Crippen molar-refractivity contribution in [3.05, 3.63) is 25.3 Å². The molecule has 0 heterocycles. The normalized spacial score (nSPS) is 14.8. The predicted molar refractivity (Wildman–Crippen MR) is 117 cm³/mol. The lowest BCUT2D eigenvalue weighted by molar-refractivity contribution is 0.116. The van der Waals surface area contributed by atoms with E-state index >= 15 is 0 Å². The van der Waals surface area contributed by atoms with Gasteiger partial charge in [-0.2, -0.15) is 0 Å². The van der Waals surface area contributed by atoms with Gasteiger partial charge < -0.3 is 0 Å². The molecule has 0 aromatic carbocycles. The average molecular weight is 349 g/mol. The molecule has 0 nitrogen and oxygen atoms in total. The Hall–Kier alpha value is -0.520. The fraction of sp³-hybridized carbons (Fsp3) is 0.840. The highest BCUT2D eigenvalue weighted by atomic mass is 14.4. The zero-order valence-electron chi connectivity index (χ0n) is 18.0. The zero-order chi connectivity index (χ0) is 18.8. The molecule has 25 heavy (non-hydrogen) atoms. The van der Waals surface area contributed by atoms with Crippen molar-refractivity contribution in [2.75, 3.05) is 0 Å². The summed E-state index contributed by atoms with van der Waals surface area (Å²) in [5.74, 6) is 0.791. The van der Waals surface area contributed by atoms with Crippen molar-refractivity contribution >= 4 is 0 Å². The summed E-state index contributed by atoms with van der Waals surface area (Å²) in [6.45, 7) is 15.0. The Bertz CT molecular complexity index is 303. The first kappa shape index (κ1) is 24.5. The Balaban J connectivity index is 4.42. The van der Waals surface area contributed by atoms with E-state index in [1.54, 1.807) is 0 Å². The first-order valence-electron chi connectivity index (χ1n) is 11.4. The minimum atomic E-state index is 0.569. The molecule has 0 radical (unpaired) electrons. The van der Waals surface area contributed by atoms with Crippen LogP contribution in [0.4, 0.5) is 0 Å². The fourth-order valence-electron chi connectivity index (χ4n) is 4.49. The Labute approximate surface area is 160 Å². The average Bonchev–Trinajstić information content (AvgIpc) is 2.61. The highest BCUT2D eigenvalue weighted by Crippen LogP contribution is 2.44. The predicted octanol–water partition coefficient (Wildman–Crippen LogP) is 9.26. The first-order valence-corrected chi connectivity index (χ1v) is 11.4. The van der Waals surface area contributed by atoms with Gasteiger partial charge in [-0.15, -0.1) is 13.2 Å². The summed E-state index contributed by atoms with van der Waals surface area (Å²) in [5.41, 5.74) is 0.569. The van der Waals surface area contributed by atoms with Gasteiger partial charge in [0.25, 0.3) is 0 Å². The summed E-state index contributed by atoms with van der Waals surface area (Å²) < 4.78 is 0. The van der Waals surface area contributed by atoms with Crippen LogP contribution in [-0.4, -0.2) is 0 Å². The molecular formula is C25H48. The SMILES string of the molecule is C=CCCCCCCCCC(CCC)(CCCCCC)C(C)CC=C. The van der Waals surface area contributed by atoms with Crippen LogP contribution < -0.4 is 0 Å². The minimum Gasteiger partial charge on any atom is -0.103 e. The molecule has 0 aliphatic rings. The Morgan fingerprint density at radius 3 is 1.76 bits per heavy atom. The van der Waals surface area contributed by atoms with E-state index in [2.05, 4.69) is 46.1 Å². The lowest BCUT2D eigenvalue weighted by Gasteiger charge is -2.40. The fourth-order valence-corrected chi connectivity index (χ4v) is 4.49. The van der Waals surface area contributed by atoms with Crippen molar-refractivity contribution in [2.24, 2.45) is 11.3 Å². The van der Waals surface area contributed by atoms with E-state index in [-0.39, 0.29) is 0 Å².